The van der Waals surface area contributed by atoms with Gasteiger partial charge in [0.2, 0.25) is 23.6 Å². The van der Waals surface area contributed by atoms with Gasteiger partial charge in [-0.3, -0.25) is 19.2 Å². The number of fused-ring (bicyclic) bond motifs is 5. The van der Waals surface area contributed by atoms with E-state index in [1.54, 1.807) is 52.5 Å². The summed E-state index contributed by atoms with van der Waals surface area (Å²) in [6.45, 7) is 0.633. The van der Waals surface area contributed by atoms with Crippen LogP contribution < -0.4 is 42.5 Å². The predicted molar refractivity (Wildman–Crippen MR) is 192 cm³/mol. The Morgan fingerprint density at radius 3 is 2.04 bits per heavy atom. The van der Waals surface area contributed by atoms with Crippen molar-refractivity contribution in [3.8, 4) is 22.6 Å². The zero-order valence-electron chi connectivity index (χ0n) is 29.7. The monoisotopic (exact) mass is 714 g/mol. The SMILES string of the molecule is CNCCC[C@H](NC(=O)[C@@H]1Cc2cc(ccc2O)-c2ccc(O)c(c2)C[C@H](NC)C(=O)N[C@@H](C[C@@H](O)CNC)C(=O)N1)C(=O)N[C@H](CO)CNC. The molecule has 0 spiro atoms. The van der Waals surface area contributed by atoms with Gasteiger partial charge in [-0.25, -0.2) is 0 Å². The number of aliphatic hydroxyl groups excluding tert-OH is 2. The van der Waals surface area contributed by atoms with Crippen molar-refractivity contribution in [3.63, 3.8) is 0 Å². The molecule has 0 saturated carbocycles. The third-order valence-corrected chi connectivity index (χ3v) is 8.79. The Kier molecular flexibility index (Phi) is 16.5. The summed E-state index contributed by atoms with van der Waals surface area (Å²) >= 11 is 0. The van der Waals surface area contributed by atoms with Gasteiger partial charge in [0.15, 0.2) is 0 Å². The third kappa shape index (κ3) is 12.2. The first-order valence-corrected chi connectivity index (χ1v) is 17.2. The van der Waals surface area contributed by atoms with E-state index in [0.717, 1.165) is 0 Å². The van der Waals surface area contributed by atoms with E-state index in [4.69, 9.17) is 0 Å². The molecular formula is C35H54N8O8. The van der Waals surface area contributed by atoms with Gasteiger partial charge in [-0.2, -0.15) is 0 Å². The van der Waals surface area contributed by atoms with E-state index in [1.165, 1.54) is 12.1 Å². The van der Waals surface area contributed by atoms with Crippen LogP contribution in [0.1, 0.15) is 30.4 Å². The molecule has 3 rings (SSSR count). The Morgan fingerprint density at radius 1 is 0.843 bits per heavy atom. The van der Waals surface area contributed by atoms with Gasteiger partial charge in [0.05, 0.1) is 24.8 Å². The average molecular weight is 715 g/mol. The van der Waals surface area contributed by atoms with Crippen LogP contribution in [0.5, 0.6) is 11.5 Å². The lowest BCUT2D eigenvalue weighted by molar-refractivity contribution is -0.134. The van der Waals surface area contributed by atoms with Crippen LogP contribution in [-0.2, 0) is 32.0 Å². The molecule has 1 aliphatic heterocycles. The Morgan fingerprint density at radius 2 is 1.47 bits per heavy atom. The summed E-state index contributed by atoms with van der Waals surface area (Å²) < 4.78 is 0. The molecule has 1 aliphatic rings. The molecule has 0 aliphatic carbocycles. The molecule has 51 heavy (non-hydrogen) atoms. The lowest BCUT2D eigenvalue weighted by Crippen LogP contribution is -2.59. The van der Waals surface area contributed by atoms with Crippen molar-refractivity contribution in [1.82, 2.24) is 42.5 Å². The molecule has 12 N–H and O–H groups in total. The van der Waals surface area contributed by atoms with E-state index < -0.39 is 59.9 Å². The van der Waals surface area contributed by atoms with Gasteiger partial charge >= 0.3 is 0 Å². The highest BCUT2D eigenvalue weighted by Gasteiger charge is 2.33. The van der Waals surface area contributed by atoms with Crippen molar-refractivity contribution in [1.29, 1.82) is 0 Å². The topological polar surface area (TPSA) is 245 Å². The van der Waals surface area contributed by atoms with Crippen molar-refractivity contribution in [3.05, 3.63) is 47.5 Å². The van der Waals surface area contributed by atoms with Crippen LogP contribution in [0, 0.1) is 0 Å². The molecule has 2 aromatic carbocycles. The Balaban J connectivity index is 2.09. The number of nitrogens with one attached hydrogen (secondary N) is 8. The maximum absolute atomic E-state index is 14.1. The summed E-state index contributed by atoms with van der Waals surface area (Å²) in [5.74, 6) is -2.77. The van der Waals surface area contributed by atoms with E-state index >= 15 is 0 Å². The van der Waals surface area contributed by atoms with Crippen molar-refractivity contribution in [2.24, 2.45) is 0 Å². The molecule has 6 atom stereocenters. The molecule has 4 bridgehead atoms. The number of hydrogen-bond acceptors (Lipinski definition) is 12. The van der Waals surface area contributed by atoms with Crippen LogP contribution in [0.15, 0.2) is 36.4 Å². The number of carbonyl (C=O) groups excluding carboxylic acids is 4. The maximum atomic E-state index is 14.1. The maximum Gasteiger partial charge on any atom is 0.243 e. The minimum absolute atomic E-state index is 0.0323. The van der Waals surface area contributed by atoms with E-state index in [1.807, 2.05) is 0 Å². The number of likely N-dealkylation sites (N-methyl/N-ethyl adjacent to an activating group) is 3. The van der Waals surface area contributed by atoms with Gasteiger partial charge in [0.1, 0.15) is 29.6 Å². The predicted octanol–water partition coefficient (Wildman–Crippen LogP) is -2.43. The first-order chi connectivity index (χ1) is 24.4. The van der Waals surface area contributed by atoms with Gasteiger partial charge in [-0.05, 0) is 94.1 Å². The Labute approximate surface area is 298 Å². The fraction of sp³-hybridized carbons (Fsp3) is 0.543. The quantitative estimate of drug-likeness (QED) is 0.0813. The van der Waals surface area contributed by atoms with Crippen molar-refractivity contribution in [2.75, 3.05) is 54.4 Å². The Bertz CT molecular complexity index is 1480. The van der Waals surface area contributed by atoms with Crippen molar-refractivity contribution >= 4 is 23.6 Å². The first-order valence-electron chi connectivity index (χ1n) is 17.2. The molecule has 282 valence electrons. The number of aliphatic hydroxyl groups is 2. The molecule has 16 heteroatoms. The molecule has 0 fully saturated rings. The summed E-state index contributed by atoms with van der Waals surface area (Å²) in [7, 11) is 6.63. The summed E-state index contributed by atoms with van der Waals surface area (Å²) in [6, 6.07) is 4.57. The highest BCUT2D eigenvalue weighted by atomic mass is 16.3. The summed E-state index contributed by atoms with van der Waals surface area (Å²) in [6.07, 6.45) is -0.635. The van der Waals surface area contributed by atoms with Crippen LogP contribution in [-0.4, -0.2) is 135 Å². The molecule has 2 aromatic rings. The molecule has 0 unspecified atom stereocenters. The molecule has 1 heterocycles. The highest BCUT2D eigenvalue weighted by Crippen LogP contribution is 2.31. The number of hydrogen-bond donors (Lipinski definition) is 12. The fourth-order valence-electron chi connectivity index (χ4n) is 5.93. The van der Waals surface area contributed by atoms with Gasteiger partial charge in [0, 0.05) is 32.4 Å². The minimum Gasteiger partial charge on any atom is -0.508 e. The van der Waals surface area contributed by atoms with Crippen LogP contribution >= 0.6 is 0 Å². The minimum atomic E-state index is -1.34. The van der Waals surface area contributed by atoms with E-state index in [9.17, 15) is 39.6 Å². The second kappa shape index (κ2) is 20.5. The molecule has 0 saturated heterocycles. The number of aromatic hydroxyl groups is 2. The number of rotatable bonds is 16. The Hall–Kier alpha value is -4.32. The zero-order valence-corrected chi connectivity index (χ0v) is 29.7. The standard InChI is InChI=1S/C35H54N8O8/c1-36-11-5-6-26(32(48)40-24(19-44)17-37-2)41-34(50)28-15-23-13-21(8-10-31(23)47)20-7-9-30(46)22(12-20)14-27(39-4)33(49)43-29(35(51)42-28)16-25(45)18-38-3/h7-10,12-13,24-29,36-39,44-47H,5-6,11,14-19H2,1-4H3,(H,40,48)(H,41,50)(H,42,51)(H,43,49)/t24-,25+,26-,27-,28-,29-/m0/s1. The summed E-state index contributed by atoms with van der Waals surface area (Å²) in [5, 5.41) is 64.6. The fourth-order valence-corrected chi connectivity index (χ4v) is 5.93. The van der Waals surface area contributed by atoms with Gasteiger partial charge in [0.25, 0.3) is 0 Å². The summed E-state index contributed by atoms with van der Waals surface area (Å²) in [5.41, 5.74) is 2.09. The summed E-state index contributed by atoms with van der Waals surface area (Å²) in [4.78, 5) is 55.0. The normalized spacial score (nSPS) is 19.8. The van der Waals surface area contributed by atoms with Crippen molar-refractivity contribution < 1.29 is 39.6 Å². The van der Waals surface area contributed by atoms with Gasteiger partial charge < -0.3 is 63.0 Å². The first kappa shape index (κ1) is 41.1. The number of amides is 4. The number of phenols is 2. The second-order valence-corrected chi connectivity index (χ2v) is 12.8. The lowest BCUT2D eigenvalue weighted by Gasteiger charge is -2.28. The van der Waals surface area contributed by atoms with Gasteiger partial charge in [-0.1, -0.05) is 12.1 Å². The van der Waals surface area contributed by atoms with E-state index in [-0.39, 0.29) is 56.9 Å². The zero-order chi connectivity index (χ0) is 37.5. The van der Waals surface area contributed by atoms with Crippen molar-refractivity contribution in [2.45, 2.75) is 68.4 Å². The van der Waals surface area contributed by atoms with E-state index in [2.05, 4.69) is 42.5 Å². The number of benzene rings is 2. The highest BCUT2D eigenvalue weighted by molar-refractivity contribution is 5.95. The van der Waals surface area contributed by atoms with Crippen LogP contribution in [0.4, 0.5) is 0 Å². The van der Waals surface area contributed by atoms with E-state index in [0.29, 0.717) is 35.2 Å². The third-order valence-electron chi connectivity index (χ3n) is 8.79. The van der Waals surface area contributed by atoms with Crippen LogP contribution in [0.2, 0.25) is 0 Å². The smallest absolute Gasteiger partial charge is 0.243 e. The molecule has 4 amide bonds. The largest absolute Gasteiger partial charge is 0.508 e. The average Bonchev–Trinajstić information content (AvgIpc) is 3.10. The lowest BCUT2D eigenvalue weighted by atomic mass is 9.95. The molecule has 16 nitrogen and oxygen atoms in total. The van der Waals surface area contributed by atoms with Gasteiger partial charge in [-0.15, -0.1) is 0 Å². The molecular weight excluding hydrogens is 660 g/mol. The number of carbonyl (C=O) groups is 4. The molecule has 0 radical (unpaired) electrons. The second-order valence-electron chi connectivity index (χ2n) is 12.8. The van der Waals surface area contributed by atoms with Crippen LogP contribution in [0.3, 0.4) is 0 Å². The van der Waals surface area contributed by atoms with Crippen LogP contribution in [0.25, 0.3) is 11.1 Å². The number of phenolic OH excluding ortho intramolecular Hbond substituents is 2. The molecule has 0 aromatic heterocycles.